The van der Waals surface area contributed by atoms with Crippen LogP contribution < -0.4 is 0 Å². The lowest BCUT2D eigenvalue weighted by Gasteiger charge is -2.08. The maximum absolute atomic E-state index is 6.59. The van der Waals surface area contributed by atoms with Crippen LogP contribution in [-0.4, -0.2) is 4.57 Å². The monoisotopic (exact) mass is 561 g/mol. The lowest BCUT2D eigenvalue weighted by atomic mass is 9.96. The maximum atomic E-state index is 6.59. The van der Waals surface area contributed by atoms with Crippen molar-refractivity contribution in [2.75, 3.05) is 0 Å². The van der Waals surface area contributed by atoms with Gasteiger partial charge in [0.1, 0.15) is 11.2 Å². The molecule has 0 amide bonds. The summed E-state index contributed by atoms with van der Waals surface area (Å²) in [7, 11) is 0. The Hall–Kier alpha value is -5.86. The zero-order valence-corrected chi connectivity index (χ0v) is 23.9. The summed E-state index contributed by atoms with van der Waals surface area (Å²) in [5.74, 6) is 0. The van der Waals surface area contributed by atoms with E-state index in [0.717, 1.165) is 38.8 Å². The zero-order valence-electron chi connectivity index (χ0n) is 23.9. The van der Waals surface area contributed by atoms with E-state index in [-0.39, 0.29) is 0 Å². The van der Waals surface area contributed by atoms with Gasteiger partial charge in [0.15, 0.2) is 0 Å². The Morgan fingerprint density at radius 1 is 0.364 bits per heavy atom. The van der Waals surface area contributed by atoms with E-state index in [1.807, 2.05) is 0 Å². The van der Waals surface area contributed by atoms with Gasteiger partial charge in [-0.25, -0.2) is 0 Å². The summed E-state index contributed by atoms with van der Waals surface area (Å²) < 4.78 is 8.95. The Kier molecular flexibility index (Phi) is 5.54. The van der Waals surface area contributed by atoms with Crippen LogP contribution in [0.25, 0.3) is 82.8 Å². The van der Waals surface area contributed by atoms with E-state index in [9.17, 15) is 0 Å². The van der Waals surface area contributed by atoms with Gasteiger partial charge in [0.25, 0.3) is 0 Å². The molecule has 0 fully saturated rings. The van der Waals surface area contributed by atoms with Gasteiger partial charge < -0.3 is 8.98 Å². The molecule has 0 aliphatic heterocycles. The van der Waals surface area contributed by atoms with Crippen molar-refractivity contribution in [3.8, 4) is 39.1 Å². The second-order valence-electron chi connectivity index (χ2n) is 11.4. The lowest BCUT2D eigenvalue weighted by Crippen LogP contribution is -1.93. The van der Waals surface area contributed by atoms with Crippen molar-refractivity contribution in [1.82, 2.24) is 4.57 Å². The number of hydrogen-bond acceptors (Lipinski definition) is 1. The molecular weight excluding hydrogens is 534 g/mol. The van der Waals surface area contributed by atoms with Crippen LogP contribution in [0.15, 0.2) is 168 Å². The number of aromatic nitrogens is 1. The summed E-state index contributed by atoms with van der Waals surface area (Å²) >= 11 is 0. The maximum Gasteiger partial charge on any atom is 0.143 e. The molecule has 0 radical (unpaired) electrons. The lowest BCUT2D eigenvalue weighted by molar-refractivity contribution is 0.670. The number of rotatable bonds is 4. The molecule has 0 N–H and O–H groups in total. The normalized spacial score (nSPS) is 11.6. The molecule has 2 nitrogen and oxygen atoms in total. The van der Waals surface area contributed by atoms with Crippen LogP contribution in [0.2, 0.25) is 0 Å². The van der Waals surface area contributed by atoms with Crippen molar-refractivity contribution >= 4 is 43.7 Å². The van der Waals surface area contributed by atoms with Crippen LogP contribution >= 0.6 is 0 Å². The Morgan fingerprint density at radius 3 is 1.68 bits per heavy atom. The van der Waals surface area contributed by atoms with E-state index in [2.05, 4.69) is 168 Å². The van der Waals surface area contributed by atoms with Crippen LogP contribution in [0.3, 0.4) is 0 Å². The number of fused-ring (bicyclic) bond motifs is 6. The van der Waals surface area contributed by atoms with Gasteiger partial charge in [-0.05, 0) is 64.2 Å². The van der Waals surface area contributed by atoms with Gasteiger partial charge in [0.2, 0.25) is 0 Å². The first-order valence-corrected chi connectivity index (χ1v) is 15.0. The fourth-order valence-electron chi connectivity index (χ4n) is 6.71. The molecule has 0 bridgehead atoms. The van der Waals surface area contributed by atoms with E-state index in [1.54, 1.807) is 0 Å². The highest BCUT2D eigenvalue weighted by atomic mass is 16.3. The van der Waals surface area contributed by atoms with Crippen LogP contribution in [-0.2, 0) is 0 Å². The van der Waals surface area contributed by atoms with Crippen molar-refractivity contribution in [2.24, 2.45) is 0 Å². The number of hydrogen-bond donors (Lipinski definition) is 0. The molecule has 7 aromatic carbocycles. The third kappa shape index (κ3) is 3.89. The summed E-state index contributed by atoms with van der Waals surface area (Å²) in [6.07, 6.45) is 0. The highest BCUT2D eigenvalue weighted by Crippen LogP contribution is 2.39. The van der Waals surface area contributed by atoms with Gasteiger partial charge in [0, 0.05) is 32.8 Å². The molecule has 0 saturated carbocycles. The van der Waals surface area contributed by atoms with Gasteiger partial charge in [-0.15, -0.1) is 0 Å². The van der Waals surface area contributed by atoms with Crippen molar-refractivity contribution in [3.63, 3.8) is 0 Å². The Bertz CT molecular complexity index is 2430. The molecule has 0 aliphatic carbocycles. The molecule has 9 aromatic rings. The van der Waals surface area contributed by atoms with Gasteiger partial charge in [0.05, 0.1) is 11.0 Å². The molecule has 2 aromatic heterocycles. The minimum Gasteiger partial charge on any atom is -0.455 e. The van der Waals surface area contributed by atoms with E-state index in [4.69, 9.17) is 4.42 Å². The molecule has 0 unspecified atom stereocenters. The highest BCUT2D eigenvalue weighted by Gasteiger charge is 2.16. The molecule has 0 saturated heterocycles. The first-order chi connectivity index (χ1) is 21.8. The van der Waals surface area contributed by atoms with E-state index in [1.165, 1.54) is 44.1 Å². The fourth-order valence-corrected chi connectivity index (χ4v) is 6.71. The number of nitrogens with zero attached hydrogens (tertiary/aromatic N) is 1. The first kappa shape index (κ1) is 24.7. The molecule has 206 valence electrons. The summed E-state index contributed by atoms with van der Waals surface area (Å²) in [5.41, 5.74) is 12.4. The molecule has 2 heteroatoms. The van der Waals surface area contributed by atoms with Gasteiger partial charge >= 0.3 is 0 Å². The number of benzene rings is 7. The number of para-hydroxylation sites is 3. The quantitative estimate of drug-likeness (QED) is 0.209. The van der Waals surface area contributed by atoms with Crippen LogP contribution in [0.5, 0.6) is 0 Å². The highest BCUT2D eigenvalue weighted by molar-refractivity contribution is 6.12. The molecule has 9 rings (SSSR count). The van der Waals surface area contributed by atoms with Crippen molar-refractivity contribution in [2.45, 2.75) is 0 Å². The molecule has 2 heterocycles. The predicted molar refractivity (Wildman–Crippen MR) is 184 cm³/mol. The SMILES string of the molecule is c1ccc(-c2ccc(-c3cccc(-c4cccc5c4oc4ccc(-n6c7ccccc7c7ccccc76)cc45)c3)cc2)cc1. The van der Waals surface area contributed by atoms with Crippen molar-refractivity contribution in [3.05, 3.63) is 164 Å². The minimum atomic E-state index is 0.893. The van der Waals surface area contributed by atoms with Crippen LogP contribution in [0, 0.1) is 0 Å². The van der Waals surface area contributed by atoms with Crippen molar-refractivity contribution in [1.29, 1.82) is 0 Å². The predicted octanol–water partition coefficient (Wildman–Crippen LogP) is 11.7. The summed E-state index contributed by atoms with van der Waals surface area (Å²) in [4.78, 5) is 0. The minimum absolute atomic E-state index is 0.893. The average molecular weight is 562 g/mol. The Morgan fingerprint density at radius 2 is 0.932 bits per heavy atom. The standard InChI is InChI=1S/C42H27NO/c1-2-10-28(11-3-1)29-20-22-30(23-21-29)31-12-8-13-32(26-31)34-16-9-17-37-38-27-33(24-25-41(38)44-42(34)37)43-39-18-6-4-14-35(39)36-15-5-7-19-40(36)43/h1-27H. The first-order valence-electron chi connectivity index (χ1n) is 15.0. The third-order valence-electron chi connectivity index (χ3n) is 8.82. The molecule has 0 aliphatic rings. The summed E-state index contributed by atoms with van der Waals surface area (Å²) in [5, 5.41) is 4.76. The summed E-state index contributed by atoms with van der Waals surface area (Å²) in [6, 6.07) is 58.4. The molecule has 0 spiro atoms. The van der Waals surface area contributed by atoms with E-state index >= 15 is 0 Å². The second kappa shape index (κ2) is 9.86. The molecular formula is C42H27NO. The topological polar surface area (TPSA) is 18.1 Å². The fraction of sp³-hybridized carbons (Fsp3) is 0. The van der Waals surface area contributed by atoms with Gasteiger partial charge in [-0.1, -0.05) is 127 Å². The largest absolute Gasteiger partial charge is 0.455 e. The smallest absolute Gasteiger partial charge is 0.143 e. The zero-order chi connectivity index (χ0) is 29.0. The molecule has 0 atom stereocenters. The van der Waals surface area contributed by atoms with E-state index in [0.29, 0.717) is 0 Å². The van der Waals surface area contributed by atoms with Crippen molar-refractivity contribution < 1.29 is 4.42 Å². The Labute approximate surface area is 255 Å². The van der Waals surface area contributed by atoms with E-state index < -0.39 is 0 Å². The Balaban J connectivity index is 1.15. The second-order valence-corrected chi connectivity index (χ2v) is 11.4. The average Bonchev–Trinajstić information content (AvgIpc) is 3.64. The van der Waals surface area contributed by atoms with Crippen LogP contribution in [0.4, 0.5) is 0 Å². The third-order valence-corrected chi connectivity index (χ3v) is 8.82. The van der Waals surface area contributed by atoms with Crippen LogP contribution in [0.1, 0.15) is 0 Å². The van der Waals surface area contributed by atoms with Gasteiger partial charge in [-0.3, -0.25) is 0 Å². The molecule has 44 heavy (non-hydrogen) atoms. The van der Waals surface area contributed by atoms with Gasteiger partial charge in [-0.2, -0.15) is 0 Å². The number of furan rings is 1. The summed E-state index contributed by atoms with van der Waals surface area (Å²) in [6.45, 7) is 0.